The first-order chi connectivity index (χ1) is 6.16. The molecule has 0 spiro atoms. The van der Waals surface area contributed by atoms with Gasteiger partial charge in [0.05, 0.1) is 12.4 Å². The largest absolute Gasteiger partial charge is 0.497 e. The molecule has 2 heteroatoms. The maximum atomic E-state index is 5.65. The van der Waals surface area contributed by atoms with Crippen molar-refractivity contribution in [3.63, 3.8) is 0 Å². The predicted molar refractivity (Wildman–Crippen MR) is 53.1 cm³/mol. The maximum absolute atomic E-state index is 5.65. The van der Waals surface area contributed by atoms with E-state index in [1.54, 1.807) is 0 Å². The van der Waals surface area contributed by atoms with Crippen LogP contribution in [0.3, 0.4) is 0 Å². The lowest BCUT2D eigenvalue weighted by Gasteiger charge is -2.55. The van der Waals surface area contributed by atoms with Gasteiger partial charge in [0.25, 0.3) is 0 Å². The van der Waals surface area contributed by atoms with E-state index in [1.165, 1.54) is 18.6 Å². The summed E-state index contributed by atoms with van der Waals surface area (Å²) in [6, 6.07) is 0. The van der Waals surface area contributed by atoms with Crippen LogP contribution in [0.1, 0.15) is 26.7 Å². The normalized spacial score (nSPS) is 34.8. The van der Waals surface area contributed by atoms with Gasteiger partial charge in [-0.1, -0.05) is 13.8 Å². The lowest BCUT2D eigenvalue weighted by molar-refractivity contribution is -0.0457. The average molecular weight is 181 g/mol. The number of nitrogens with two attached hydrogens (primary N) is 1. The third kappa shape index (κ3) is 1.28. The number of hydrogen-bond acceptors (Lipinski definition) is 2. The number of allylic oxidation sites excluding steroid dienone is 2. The molecule has 0 heterocycles. The molecule has 2 bridgehead atoms. The van der Waals surface area contributed by atoms with Gasteiger partial charge in [0, 0.05) is 12.5 Å². The first kappa shape index (κ1) is 9.07. The number of fused-ring (bicyclic) bond motifs is 1. The van der Waals surface area contributed by atoms with Gasteiger partial charge in [0.15, 0.2) is 0 Å². The quantitative estimate of drug-likeness (QED) is 0.722. The van der Waals surface area contributed by atoms with Crippen LogP contribution in [-0.2, 0) is 4.74 Å². The minimum absolute atomic E-state index is 0.471. The number of rotatable bonds is 3. The molecule has 0 radical (unpaired) electrons. The van der Waals surface area contributed by atoms with Gasteiger partial charge in [0.2, 0.25) is 0 Å². The van der Waals surface area contributed by atoms with Crippen LogP contribution >= 0.6 is 0 Å². The molecule has 0 aromatic carbocycles. The maximum Gasteiger partial charge on any atom is 0.0999 e. The standard InChI is InChI=1S/C11H19NO/c1-11(2)8-3-4-10(9(11)7-8)13-6-5-12/h4,8-9H,3,5-7,12H2,1-2H3. The van der Waals surface area contributed by atoms with Crippen LogP contribution < -0.4 is 5.73 Å². The van der Waals surface area contributed by atoms with Gasteiger partial charge in [-0.25, -0.2) is 0 Å². The topological polar surface area (TPSA) is 35.2 Å². The van der Waals surface area contributed by atoms with E-state index in [9.17, 15) is 0 Å². The highest BCUT2D eigenvalue weighted by atomic mass is 16.5. The van der Waals surface area contributed by atoms with E-state index in [1.807, 2.05) is 0 Å². The van der Waals surface area contributed by atoms with Gasteiger partial charge >= 0.3 is 0 Å². The Morgan fingerprint density at radius 2 is 2.38 bits per heavy atom. The van der Waals surface area contributed by atoms with E-state index >= 15 is 0 Å². The third-order valence-electron chi connectivity index (χ3n) is 3.80. The van der Waals surface area contributed by atoms with Crippen LogP contribution in [0.25, 0.3) is 0 Å². The second-order valence-corrected chi connectivity index (χ2v) is 4.79. The van der Waals surface area contributed by atoms with Gasteiger partial charge < -0.3 is 10.5 Å². The molecule has 1 saturated carbocycles. The fourth-order valence-corrected chi connectivity index (χ4v) is 2.64. The predicted octanol–water partition coefficient (Wildman–Crippen LogP) is 1.91. The molecule has 3 rings (SSSR count). The van der Waals surface area contributed by atoms with Crippen molar-refractivity contribution in [2.45, 2.75) is 26.7 Å². The molecule has 0 aromatic rings. The van der Waals surface area contributed by atoms with Crippen molar-refractivity contribution in [3.8, 4) is 0 Å². The van der Waals surface area contributed by atoms with Crippen LogP contribution in [-0.4, -0.2) is 13.2 Å². The fourth-order valence-electron chi connectivity index (χ4n) is 2.64. The molecular weight excluding hydrogens is 162 g/mol. The van der Waals surface area contributed by atoms with Crippen LogP contribution in [0.2, 0.25) is 0 Å². The number of hydrogen-bond donors (Lipinski definition) is 1. The van der Waals surface area contributed by atoms with E-state index < -0.39 is 0 Å². The highest BCUT2D eigenvalue weighted by molar-refractivity contribution is 5.18. The van der Waals surface area contributed by atoms with Crippen molar-refractivity contribution in [2.24, 2.45) is 23.0 Å². The van der Waals surface area contributed by atoms with Crippen molar-refractivity contribution < 1.29 is 4.74 Å². The fraction of sp³-hybridized carbons (Fsp3) is 0.818. The zero-order valence-corrected chi connectivity index (χ0v) is 8.55. The summed E-state index contributed by atoms with van der Waals surface area (Å²) in [6.45, 7) is 5.99. The smallest absolute Gasteiger partial charge is 0.0999 e. The molecule has 2 atom stereocenters. The lowest BCUT2D eigenvalue weighted by Crippen LogP contribution is -2.48. The van der Waals surface area contributed by atoms with Crippen molar-refractivity contribution in [1.82, 2.24) is 0 Å². The summed E-state index contributed by atoms with van der Waals surface area (Å²) in [5, 5.41) is 0. The molecule has 2 unspecified atom stereocenters. The molecule has 0 aromatic heterocycles. The Hall–Kier alpha value is -0.500. The zero-order chi connectivity index (χ0) is 9.47. The van der Waals surface area contributed by atoms with E-state index in [4.69, 9.17) is 10.5 Å². The molecule has 2 N–H and O–H groups in total. The Kier molecular flexibility index (Phi) is 2.11. The lowest BCUT2D eigenvalue weighted by atomic mass is 9.50. The van der Waals surface area contributed by atoms with Crippen molar-refractivity contribution >= 4 is 0 Å². The molecule has 0 amide bonds. The SMILES string of the molecule is CC1(C)C2CC=C(OCCN)C1C2. The van der Waals surface area contributed by atoms with Gasteiger partial charge in [-0.15, -0.1) is 0 Å². The minimum atomic E-state index is 0.471. The van der Waals surface area contributed by atoms with Gasteiger partial charge in [0.1, 0.15) is 0 Å². The van der Waals surface area contributed by atoms with Crippen LogP contribution in [0.4, 0.5) is 0 Å². The summed E-state index contributed by atoms with van der Waals surface area (Å²) < 4.78 is 5.65. The van der Waals surface area contributed by atoms with Gasteiger partial charge in [-0.05, 0) is 30.3 Å². The summed E-state index contributed by atoms with van der Waals surface area (Å²) in [4.78, 5) is 0. The second kappa shape index (κ2) is 3.02. The monoisotopic (exact) mass is 181 g/mol. The zero-order valence-electron chi connectivity index (χ0n) is 8.55. The van der Waals surface area contributed by atoms with E-state index in [0.717, 1.165) is 5.92 Å². The Labute approximate surface area is 80.1 Å². The molecular formula is C11H19NO. The van der Waals surface area contributed by atoms with Crippen molar-refractivity contribution in [1.29, 1.82) is 0 Å². The highest BCUT2D eigenvalue weighted by Gasteiger charge is 2.52. The van der Waals surface area contributed by atoms with Crippen LogP contribution in [0.5, 0.6) is 0 Å². The Balaban J connectivity index is 2.01. The summed E-state index contributed by atoms with van der Waals surface area (Å²) in [5.74, 6) is 2.76. The Bertz CT molecular complexity index is 232. The van der Waals surface area contributed by atoms with Crippen molar-refractivity contribution in [2.75, 3.05) is 13.2 Å². The van der Waals surface area contributed by atoms with E-state index in [2.05, 4.69) is 19.9 Å². The molecule has 13 heavy (non-hydrogen) atoms. The molecule has 0 aliphatic heterocycles. The molecule has 3 aliphatic carbocycles. The summed E-state index contributed by atoms with van der Waals surface area (Å²) >= 11 is 0. The van der Waals surface area contributed by atoms with E-state index in [0.29, 0.717) is 24.5 Å². The molecule has 2 nitrogen and oxygen atoms in total. The first-order valence-corrected chi connectivity index (χ1v) is 5.19. The first-order valence-electron chi connectivity index (χ1n) is 5.19. The summed E-state index contributed by atoms with van der Waals surface area (Å²) in [6.07, 6.45) is 4.78. The Morgan fingerprint density at radius 1 is 1.62 bits per heavy atom. The average Bonchev–Trinajstić information content (AvgIpc) is 2.14. The Morgan fingerprint density at radius 3 is 2.92 bits per heavy atom. The molecule has 74 valence electrons. The van der Waals surface area contributed by atoms with Crippen molar-refractivity contribution in [3.05, 3.63) is 11.8 Å². The molecule has 0 saturated heterocycles. The number of ether oxygens (including phenoxy) is 1. The summed E-state index contributed by atoms with van der Waals surface area (Å²) in [5.41, 5.74) is 5.89. The van der Waals surface area contributed by atoms with Crippen LogP contribution in [0.15, 0.2) is 11.8 Å². The van der Waals surface area contributed by atoms with Gasteiger partial charge in [-0.2, -0.15) is 0 Å². The minimum Gasteiger partial charge on any atom is -0.497 e. The third-order valence-corrected chi connectivity index (χ3v) is 3.80. The molecule has 1 fully saturated rings. The van der Waals surface area contributed by atoms with Crippen LogP contribution in [0, 0.1) is 17.3 Å². The van der Waals surface area contributed by atoms with Gasteiger partial charge in [-0.3, -0.25) is 0 Å². The van der Waals surface area contributed by atoms with E-state index in [-0.39, 0.29) is 0 Å². The highest BCUT2D eigenvalue weighted by Crippen LogP contribution is 2.59. The second-order valence-electron chi connectivity index (χ2n) is 4.79. The molecule has 3 aliphatic rings. The summed E-state index contributed by atoms with van der Waals surface area (Å²) in [7, 11) is 0.